The van der Waals surface area contributed by atoms with Crippen LogP contribution in [0.2, 0.25) is 0 Å². The molecule has 0 aliphatic rings. The van der Waals surface area contributed by atoms with E-state index >= 15 is 0 Å². The van der Waals surface area contributed by atoms with Gasteiger partial charge in [0.25, 0.3) is 6.67 Å². The molecule has 0 saturated carbocycles. The fraction of sp³-hybridized carbons (Fsp3) is 0.133. The summed E-state index contributed by atoms with van der Waals surface area (Å²) in [5.41, 5.74) is 1.70. The van der Waals surface area contributed by atoms with E-state index in [1.165, 1.54) is 12.1 Å². The summed E-state index contributed by atoms with van der Waals surface area (Å²) in [6.45, 7) is 6.87. The Morgan fingerprint density at radius 2 is 1.88 bits per heavy atom. The highest BCUT2D eigenvalue weighted by Crippen LogP contribution is 2.16. The Morgan fingerprint density at radius 1 is 1.16 bits per heavy atom. The summed E-state index contributed by atoms with van der Waals surface area (Å²) in [7, 11) is -3.68. The molecule has 0 bridgehead atoms. The summed E-state index contributed by atoms with van der Waals surface area (Å²) in [6, 6.07) is 9.89. The third-order valence-electron chi connectivity index (χ3n) is 3.32. The minimum absolute atomic E-state index is 0.0834. The average Bonchev–Trinajstić information content (AvgIpc) is 3.09. The lowest BCUT2D eigenvalue weighted by Gasteiger charge is -2.01. The molecule has 3 rings (SSSR count). The minimum Gasteiger partial charge on any atom is -0.299 e. The predicted molar refractivity (Wildman–Crippen MR) is 87.1 cm³/mol. The number of rotatable bonds is 6. The molecule has 0 atom stereocenters. The third-order valence-corrected chi connectivity index (χ3v) is 4.73. The van der Waals surface area contributed by atoms with Gasteiger partial charge in [-0.3, -0.25) is 9.83 Å². The van der Waals surface area contributed by atoms with Gasteiger partial charge in [-0.05, 0) is 46.7 Å². The lowest BCUT2D eigenvalue weighted by molar-refractivity contribution is -0.797. The molecule has 0 amide bonds. The second-order valence-electron chi connectivity index (χ2n) is 5.04. The van der Waals surface area contributed by atoms with Gasteiger partial charge in [0.15, 0.2) is 6.54 Å². The van der Waals surface area contributed by atoms with Crippen molar-refractivity contribution in [2.75, 3.05) is 6.67 Å². The smallest absolute Gasteiger partial charge is 0.299 e. The highest BCUT2D eigenvalue weighted by Gasteiger charge is 2.18. The van der Waals surface area contributed by atoms with Crippen LogP contribution in [0, 0.1) is 6.57 Å². The molecule has 0 unspecified atom stereocenters. The van der Waals surface area contributed by atoms with Crippen LogP contribution in [-0.2, 0) is 16.6 Å². The molecular weight excluding hydrogens is 342 g/mol. The Morgan fingerprint density at radius 3 is 2.56 bits per heavy atom. The van der Waals surface area contributed by atoms with Crippen molar-refractivity contribution in [1.29, 1.82) is 0 Å². The number of hydrogen-bond donors (Lipinski definition) is 2. The first-order chi connectivity index (χ1) is 12.1. The van der Waals surface area contributed by atoms with Crippen molar-refractivity contribution in [1.82, 2.24) is 25.1 Å². The van der Waals surface area contributed by atoms with Gasteiger partial charge in [0, 0.05) is 18.0 Å². The SMILES string of the molecule is [C-]#[N+]CNS(=O)(=O)c1ccc(-c2n[nH][n+](Cc3ccncc3)n2)cc1. The third kappa shape index (κ3) is 4.03. The number of pyridine rings is 1. The van der Waals surface area contributed by atoms with Gasteiger partial charge < -0.3 is 0 Å². The van der Waals surface area contributed by atoms with E-state index in [2.05, 4.69) is 30.0 Å². The van der Waals surface area contributed by atoms with Gasteiger partial charge >= 0.3 is 5.82 Å². The fourth-order valence-corrected chi connectivity index (χ4v) is 3.00. The first kappa shape index (κ1) is 16.7. The van der Waals surface area contributed by atoms with E-state index in [1.54, 1.807) is 29.3 Å². The summed E-state index contributed by atoms with van der Waals surface area (Å²) in [5.74, 6) is 0.451. The van der Waals surface area contributed by atoms with Crippen LogP contribution in [-0.4, -0.2) is 35.5 Å². The van der Waals surface area contributed by atoms with Crippen LogP contribution in [0.4, 0.5) is 0 Å². The topological polar surface area (TPSA) is 109 Å². The summed E-state index contributed by atoms with van der Waals surface area (Å²) >= 11 is 0. The Hall–Kier alpha value is -3.16. The Bertz CT molecular complexity index is 992. The maximum absolute atomic E-state index is 11.9. The molecule has 0 aliphatic carbocycles. The molecule has 9 nitrogen and oxygen atoms in total. The van der Waals surface area contributed by atoms with Crippen molar-refractivity contribution < 1.29 is 13.2 Å². The summed E-state index contributed by atoms with van der Waals surface area (Å²) < 4.78 is 26.1. The summed E-state index contributed by atoms with van der Waals surface area (Å²) in [5, 5.41) is 11.3. The minimum atomic E-state index is -3.68. The van der Waals surface area contributed by atoms with E-state index in [0.717, 1.165) is 5.56 Å². The molecule has 0 fully saturated rings. The molecule has 1 aromatic carbocycles. The summed E-state index contributed by atoms with van der Waals surface area (Å²) in [4.78, 5) is 8.60. The largest absolute Gasteiger partial charge is 0.338 e. The van der Waals surface area contributed by atoms with E-state index in [-0.39, 0.29) is 11.6 Å². The highest BCUT2D eigenvalue weighted by molar-refractivity contribution is 7.89. The van der Waals surface area contributed by atoms with E-state index in [0.29, 0.717) is 17.9 Å². The maximum Gasteiger partial charge on any atom is 0.338 e. The van der Waals surface area contributed by atoms with Crippen molar-refractivity contribution in [3.63, 3.8) is 0 Å². The molecule has 25 heavy (non-hydrogen) atoms. The molecule has 2 aromatic heterocycles. The number of aromatic amines is 1. The lowest BCUT2D eigenvalue weighted by atomic mass is 10.2. The zero-order valence-electron chi connectivity index (χ0n) is 13.0. The van der Waals surface area contributed by atoms with Gasteiger partial charge in [0.2, 0.25) is 10.0 Å². The highest BCUT2D eigenvalue weighted by atomic mass is 32.2. The zero-order valence-corrected chi connectivity index (χ0v) is 13.8. The van der Waals surface area contributed by atoms with Gasteiger partial charge in [-0.2, -0.15) is 0 Å². The standard InChI is InChI=1S/C15H13N7O2S/c1-16-11-18-25(23,24)14-4-2-13(3-5-14)15-19-21-22(20-15)10-12-6-8-17-9-7-12/h2-9,18H,10-11H2/p+1. The summed E-state index contributed by atoms with van der Waals surface area (Å²) in [6.07, 6.45) is 3.41. The van der Waals surface area contributed by atoms with Crippen LogP contribution in [0.15, 0.2) is 53.7 Å². The monoisotopic (exact) mass is 356 g/mol. The molecule has 10 heteroatoms. The number of H-pyrrole nitrogens is 1. The molecule has 2 heterocycles. The van der Waals surface area contributed by atoms with Gasteiger partial charge in [0.1, 0.15) is 0 Å². The van der Waals surface area contributed by atoms with Crippen LogP contribution in [0.25, 0.3) is 16.2 Å². The molecule has 3 aromatic rings. The van der Waals surface area contributed by atoms with Crippen molar-refractivity contribution in [3.05, 3.63) is 65.8 Å². The van der Waals surface area contributed by atoms with Crippen molar-refractivity contribution >= 4 is 10.0 Å². The maximum atomic E-state index is 11.9. The average molecular weight is 356 g/mol. The molecule has 0 aliphatic heterocycles. The van der Waals surface area contributed by atoms with E-state index in [1.807, 2.05) is 12.1 Å². The first-order valence-corrected chi connectivity index (χ1v) is 8.71. The predicted octanol–water partition coefficient (Wildman–Crippen LogP) is 0.358. The van der Waals surface area contributed by atoms with E-state index in [9.17, 15) is 8.42 Å². The van der Waals surface area contributed by atoms with Gasteiger partial charge in [-0.15, -0.1) is 4.72 Å². The molecule has 0 spiro atoms. The number of nitrogens with zero attached hydrogens (tertiary/aromatic N) is 5. The van der Waals surface area contributed by atoms with Crippen LogP contribution in [0.1, 0.15) is 5.56 Å². The van der Waals surface area contributed by atoms with Gasteiger partial charge in [-0.1, -0.05) is 4.80 Å². The fourth-order valence-electron chi connectivity index (χ4n) is 2.10. The molecule has 126 valence electrons. The number of nitrogens with one attached hydrogen (secondary N) is 2. The van der Waals surface area contributed by atoms with Crippen molar-refractivity contribution in [3.8, 4) is 11.4 Å². The Balaban J connectivity index is 1.76. The lowest BCUT2D eigenvalue weighted by Crippen LogP contribution is -2.39. The van der Waals surface area contributed by atoms with Gasteiger partial charge in [-0.25, -0.2) is 15.0 Å². The first-order valence-electron chi connectivity index (χ1n) is 7.23. The van der Waals surface area contributed by atoms with Crippen LogP contribution < -0.4 is 9.52 Å². The number of sulfonamides is 1. The normalized spacial score (nSPS) is 11.2. The number of hydrogen-bond acceptors (Lipinski definition) is 5. The molecular formula is C15H14N7O2S+. The molecule has 0 radical (unpaired) electrons. The second-order valence-corrected chi connectivity index (χ2v) is 6.80. The Kier molecular flexibility index (Phi) is 4.78. The quantitative estimate of drug-likeness (QED) is 0.490. The number of tetrazole rings is 1. The van der Waals surface area contributed by atoms with Gasteiger partial charge in [0.05, 0.1) is 15.6 Å². The van der Waals surface area contributed by atoms with E-state index < -0.39 is 10.0 Å². The van der Waals surface area contributed by atoms with Crippen molar-refractivity contribution in [2.45, 2.75) is 11.4 Å². The van der Waals surface area contributed by atoms with E-state index in [4.69, 9.17) is 6.57 Å². The molecule has 2 N–H and O–H groups in total. The second kappa shape index (κ2) is 7.16. The van der Waals surface area contributed by atoms with Crippen LogP contribution in [0.3, 0.4) is 0 Å². The molecule has 0 saturated heterocycles. The Labute approximate surface area is 144 Å². The number of aromatic nitrogens is 5. The number of benzene rings is 1. The van der Waals surface area contributed by atoms with Crippen LogP contribution >= 0.6 is 0 Å². The van der Waals surface area contributed by atoms with Crippen LogP contribution in [0.5, 0.6) is 0 Å². The van der Waals surface area contributed by atoms with Crippen molar-refractivity contribution in [2.24, 2.45) is 0 Å². The zero-order chi connectivity index (χ0) is 17.7.